The highest BCUT2D eigenvalue weighted by Gasteiger charge is 2.22. The van der Waals surface area contributed by atoms with E-state index >= 15 is 0 Å². The lowest BCUT2D eigenvalue weighted by Gasteiger charge is -2.11. The fourth-order valence-electron chi connectivity index (χ4n) is 1.13. The SMILES string of the molecule is CN(C)C(=O)NCCCC(=O)NC1CC1. The van der Waals surface area contributed by atoms with Crippen molar-refractivity contribution in [3.05, 3.63) is 0 Å². The van der Waals surface area contributed by atoms with Gasteiger partial charge < -0.3 is 15.5 Å². The molecule has 15 heavy (non-hydrogen) atoms. The monoisotopic (exact) mass is 213 g/mol. The third kappa shape index (κ3) is 5.24. The lowest BCUT2D eigenvalue weighted by atomic mass is 10.3. The number of nitrogens with one attached hydrogen (secondary N) is 2. The first-order valence-corrected chi connectivity index (χ1v) is 5.34. The fraction of sp³-hybridized carbons (Fsp3) is 0.800. The quantitative estimate of drug-likeness (QED) is 0.646. The van der Waals surface area contributed by atoms with E-state index in [0.717, 1.165) is 12.8 Å². The van der Waals surface area contributed by atoms with Crippen LogP contribution in [0.3, 0.4) is 0 Å². The number of carbonyl (C=O) groups excluding carboxylic acids is 2. The molecule has 0 aromatic carbocycles. The average Bonchev–Trinajstić information content (AvgIpc) is 2.95. The van der Waals surface area contributed by atoms with Crippen molar-refractivity contribution < 1.29 is 9.59 Å². The number of rotatable bonds is 5. The van der Waals surface area contributed by atoms with Crippen molar-refractivity contribution in [2.75, 3.05) is 20.6 Å². The van der Waals surface area contributed by atoms with Gasteiger partial charge >= 0.3 is 6.03 Å². The van der Waals surface area contributed by atoms with Gasteiger partial charge in [-0.2, -0.15) is 0 Å². The van der Waals surface area contributed by atoms with Crippen LogP contribution >= 0.6 is 0 Å². The van der Waals surface area contributed by atoms with Gasteiger partial charge in [-0.1, -0.05) is 0 Å². The highest BCUT2D eigenvalue weighted by atomic mass is 16.2. The lowest BCUT2D eigenvalue weighted by Crippen LogP contribution is -2.35. The second-order valence-corrected chi connectivity index (χ2v) is 4.07. The molecule has 0 radical (unpaired) electrons. The molecule has 0 saturated heterocycles. The summed E-state index contributed by atoms with van der Waals surface area (Å²) >= 11 is 0. The van der Waals surface area contributed by atoms with Crippen LogP contribution in [0.1, 0.15) is 25.7 Å². The van der Waals surface area contributed by atoms with E-state index in [1.165, 1.54) is 4.90 Å². The Labute approximate surface area is 90.2 Å². The largest absolute Gasteiger partial charge is 0.353 e. The Morgan fingerprint density at radius 1 is 1.33 bits per heavy atom. The summed E-state index contributed by atoms with van der Waals surface area (Å²) in [4.78, 5) is 23.8. The molecule has 0 aromatic rings. The fourth-order valence-corrected chi connectivity index (χ4v) is 1.13. The molecular weight excluding hydrogens is 194 g/mol. The summed E-state index contributed by atoms with van der Waals surface area (Å²) in [5, 5.41) is 5.62. The van der Waals surface area contributed by atoms with Crippen LogP contribution in [0.4, 0.5) is 4.79 Å². The Morgan fingerprint density at radius 3 is 2.53 bits per heavy atom. The highest BCUT2D eigenvalue weighted by molar-refractivity contribution is 5.76. The molecule has 0 aliphatic heterocycles. The molecule has 5 nitrogen and oxygen atoms in total. The van der Waals surface area contributed by atoms with Gasteiger partial charge in [0.1, 0.15) is 0 Å². The first kappa shape index (κ1) is 11.8. The molecule has 0 atom stereocenters. The summed E-state index contributed by atoms with van der Waals surface area (Å²) in [5.41, 5.74) is 0. The molecule has 86 valence electrons. The van der Waals surface area contributed by atoms with Crippen LogP contribution < -0.4 is 10.6 Å². The summed E-state index contributed by atoms with van der Waals surface area (Å²) < 4.78 is 0. The molecule has 1 saturated carbocycles. The predicted molar refractivity (Wildman–Crippen MR) is 57.5 cm³/mol. The zero-order valence-corrected chi connectivity index (χ0v) is 9.38. The van der Waals surface area contributed by atoms with E-state index in [1.807, 2.05) is 0 Å². The van der Waals surface area contributed by atoms with Crippen molar-refractivity contribution in [2.24, 2.45) is 0 Å². The highest BCUT2D eigenvalue weighted by Crippen LogP contribution is 2.18. The third-order valence-corrected chi connectivity index (χ3v) is 2.21. The Bertz CT molecular complexity index is 237. The summed E-state index contributed by atoms with van der Waals surface area (Å²) in [5.74, 6) is 0.0941. The maximum Gasteiger partial charge on any atom is 0.316 e. The smallest absolute Gasteiger partial charge is 0.316 e. The van der Waals surface area contributed by atoms with Crippen molar-refractivity contribution in [2.45, 2.75) is 31.7 Å². The van der Waals surface area contributed by atoms with Crippen LogP contribution in [0.25, 0.3) is 0 Å². The van der Waals surface area contributed by atoms with Gasteiger partial charge in [0.05, 0.1) is 0 Å². The Morgan fingerprint density at radius 2 is 2.00 bits per heavy atom. The van der Waals surface area contributed by atoms with E-state index in [9.17, 15) is 9.59 Å². The van der Waals surface area contributed by atoms with E-state index in [0.29, 0.717) is 25.4 Å². The van der Waals surface area contributed by atoms with Crippen LogP contribution in [0.2, 0.25) is 0 Å². The van der Waals surface area contributed by atoms with Gasteiger partial charge in [-0.05, 0) is 19.3 Å². The van der Waals surface area contributed by atoms with Crippen molar-refractivity contribution in [1.82, 2.24) is 15.5 Å². The van der Waals surface area contributed by atoms with Gasteiger partial charge in [0, 0.05) is 33.1 Å². The zero-order valence-electron chi connectivity index (χ0n) is 9.38. The second-order valence-electron chi connectivity index (χ2n) is 4.07. The number of nitrogens with zero attached hydrogens (tertiary/aromatic N) is 1. The van der Waals surface area contributed by atoms with Crippen LogP contribution in [0.5, 0.6) is 0 Å². The molecule has 2 N–H and O–H groups in total. The molecular formula is C10H19N3O2. The van der Waals surface area contributed by atoms with E-state index < -0.39 is 0 Å². The average molecular weight is 213 g/mol. The first-order chi connectivity index (χ1) is 7.09. The molecule has 1 fully saturated rings. The van der Waals surface area contributed by atoms with E-state index in [-0.39, 0.29) is 11.9 Å². The zero-order chi connectivity index (χ0) is 11.3. The van der Waals surface area contributed by atoms with Crippen molar-refractivity contribution in [3.63, 3.8) is 0 Å². The lowest BCUT2D eigenvalue weighted by molar-refractivity contribution is -0.121. The minimum Gasteiger partial charge on any atom is -0.353 e. The molecule has 0 spiro atoms. The van der Waals surface area contributed by atoms with Crippen LogP contribution in [-0.4, -0.2) is 43.5 Å². The summed E-state index contributed by atoms with van der Waals surface area (Å²) in [6.07, 6.45) is 3.41. The van der Waals surface area contributed by atoms with Gasteiger partial charge in [-0.25, -0.2) is 4.79 Å². The maximum atomic E-state index is 11.2. The van der Waals surface area contributed by atoms with Gasteiger partial charge in [-0.15, -0.1) is 0 Å². The summed E-state index contributed by atoms with van der Waals surface area (Å²) in [7, 11) is 3.38. The summed E-state index contributed by atoms with van der Waals surface area (Å²) in [6, 6.07) is 0.312. The minimum absolute atomic E-state index is 0.0941. The molecule has 3 amide bonds. The Kier molecular flexibility index (Phi) is 4.39. The molecule has 0 aromatic heterocycles. The maximum absolute atomic E-state index is 11.2. The standard InChI is InChI=1S/C10H19N3O2/c1-13(2)10(15)11-7-3-4-9(14)12-8-5-6-8/h8H,3-7H2,1-2H3,(H,11,15)(H,12,14). The number of hydrogen-bond acceptors (Lipinski definition) is 2. The van der Waals surface area contributed by atoms with Crippen LogP contribution in [-0.2, 0) is 4.79 Å². The number of urea groups is 1. The first-order valence-electron chi connectivity index (χ1n) is 5.34. The number of carbonyl (C=O) groups is 2. The van der Waals surface area contributed by atoms with Crippen LogP contribution in [0, 0.1) is 0 Å². The molecule has 0 unspecified atom stereocenters. The van der Waals surface area contributed by atoms with Gasteiger partial charge in [-0.3, -0.25) is 4.79 Å². The van der Waals surface area contributed by atoms with Crippen molar-refractivity contribution in [3.8, 4) is 0 Å². The predicted octanol–water partition coefficient (Wildman–Crippen LogP) is 0.316. The normalized spacial score (nSPS) is 14.5. The molecule has 1 aliphatic carbocycles. The van der Waals surface area contributed by atoms with Gasteiger partial charge in [0.25, 0.3) is 0 Å². The summed E-state index contributed by atoms with van der Waals surface area (Å²) in [6.45, 7) is 0.551. The molecule has 1 rings (SSSR count). The van der Waals surface area contributed by atoms with Crippen molar-refractivity contribution >= 4 is 11.9 Å². The third-order valence-electron chi connectivity index (χ3n) is 2.21. The van der Waals surface area contributed by atoms with Crippen molar-refractivity contribution in [1.29, 1.82) is 0 Å². The Balaban J connectivity index is 1.95. The van der Waals surface area contributed by atoms with E-state index in [2.05, 4.69) is 10.6 Å². The van der Waals surface area contributed by atoms with Gasteiger partial charge in [0.15, 0.2) is 0 Å². The molecule has 1 aliphatic rings. The van der Waals surface area contributed by atoms with E-state index in [4.69, 9.17) is 0 Å². The minimum atomic E-state index is -0.113. The van der Waals surface area contributed by atoms with E-state index in [1.54, 1.807) is 14.1 Å². The topological polar surface area (TPSA) is 61.4 Å². The van der Waals surface area contributed by atoms with Gasteiger partial charge in [0.2, 0.25) is 5.91 Å². The number of amides is 3. The van der Waals surface area contributed by atoms with Crippen LogP contribution in [0.15, 0.2) is 0 Å². The molecule has 0 bridgehead atoms. The number of hydrogen-bond donors (Lipinski definition) is 2. The molecule has 0 heterocycles. The Hall–Kier alpha value is -1.26. The second kappa shape index (κ2) is 5.58. The molecule has 5 heteroatoms.